The lowest BCUT2D eigenvalue weighted by Crippen LogP contribution is -2.29. The molecule has 1 amide bonds. The van der Waals surface area contributed by atoms with Gasteiger partial charge in [0.05, 0.1) is 16.9 Å². The van der Waals surface area contributed by atoms with Crippen molar-refractivity contribution in [3.63, 3.8) is 0 Å². The Kier molecular flexibility index (Phi) is 4.98. The van der Waals surface area contributed by atoms with Gasteiger partial charge in [0, 0.05) is 24.7 Å². The van der Waals surface area contributed by atoms with Gasteiger partial charge in [-0.15, -0.1) is 0 Å². The average molecular weight is 388 g/mol. The molecular formula is C19H18ClN3O2S. The van der Waals surface area contributed by atoms with E-state index in [9.17, 15) is 9.59 Å². The molecule has 0 aliphatic heterocycles. The monoisotopic (exact) mass is 387 g/mol. The molecule has 5 nitrogen and oxygen atoms in total. The van der Waals surface area contributed by atoms with Gasteiger partial charge in [0.1, 0.15) is 0 Å². The number of benzene rings is 2. The molecule has 0 saturated heterocycles. The zero-order chi connectivity index (χ0) is 19.0. The molecule has 26 heavy (non-hydrogen) atoms. The summed E-state index contributed by atoms with van der Waals surface area (Å²) in [7, 11) is 3.35. The first-order valence-electron chi connectivity index (χ1n) is 8.05. The molecule has 1 aromatic heterocycles. The van der Waals surface area contributed by atoms with E-state index in [2.05, 4.69) is 4.98 Å². The van der Waals surface area contributed by atoms with Crippen molar-refractivity contribution >= 4 is 40.6 Å². The SMILES string of the molecule is CC(c1cccc(Cl)c1)N(C)C(=O)c1ccc2c(=O)n(C)c(=S)[nH]c2c1. The average Bonchev–Trinajstić information content (AvgIpc) is 2.64. The highest BCUT2D eigenvalue weighted by Crippen LogP contribution is 2.24. The third kappa shape index (κ3) is 3.30. The lowest BCUT2D eigenvalue weighted by molar-refractivity contribution is 0.0743. The van der Waals surface area contributed by atoms with Crippen molar-refractivity contribution in [1.82, 2.24) is 14.5 Å². The fourth-order valence-corrected chi connectivity index (χ4v) is 3.20. The zero-order valence-electron chi connectivity index (χ0n) is 14.6. The summed E-state index contributed by atoms with van der Waals surface area (Å²) in [5.41, 5.74) is 1.78. The van der Waals surface area contributed by atoms with Crippen LogP contribution in [0, 0.1) is 4.77 Å². The summed E-state index contributed by atoms with van der Waals surface area (Å²) in [5.74, 6) is -0.153. The van der Waals surface area contributed by atoms with Crippen molar-refractivity contribution in [1.29, 1.82) is 0 Å². The van der Waals surface area contributed by atoms with E-state index < -0.39 is 0 Å². The van der Waals surface area contributed by atoms with Crippen molar-refractivity contribution in [2.75, 3.05) is 7.05 Å². The molecule has 0 fully saturated rings. The minimum atomic E-state index is -0.191. The van der Waals surface area contributed by atoms with Gasteiger partial charge in [0.25, 0.3) is 11.5 Å². The van der Waals surface area contributed by atoms with Gasteiger partial charge < -0.3 is 9.88 Å². The number of aromatic nitrogens is 2. The molecular weight excluding hydrogens is 370 g/mol. The first kappa shape index (κ1) is 18.4. The van der Waals surface area contributed by atoms with E-state index in [-0.39, 0.29) is 17.5 Å². The van der Waals surface area contributed by atoms with Crippen LogP contribution < -0.4 is 5.56 Å². The lowest BCUT2D eigenvalue weighted by Gasteiger charge is -2.25. The molecule has 1 atom stereocenters. The third-order valence-electron chi connectivity index (χ3n) is 4.58. The highest BCUT2D eigenvalue weighted by atomic mass is 35.5. The molecule has 1 unspecified atom stereocenters. The Bertz CT molecular complexity index is 1120. The number of amides is 1. The van der Waals surface area contributed by atoms with Crippen LogP contribution in [-0.2, 0) is 7.05 Å². The molecule has 0 radical (unpaired) electrons. The maximum absolute atomic E-state index is 12.9. The van der Waals surface area contributed by atoms with E-state index in [1.54, 1.807) is 43.3 Å². The largest absolute Gasteiger partial charge is 0.335 e. The molecule has 0 bridgehead atoms. The van der Waals surface area contributed by atoms with E-state index in [1.807, 2.05) is 25.1 Å². The summed E-state index contributed by atoms with van der Waals surface area (Å²) >= 11 is 11.2. The summed E-state index contributed by atoms with van der Waals surface area (Å²) in [6, 6.07) is 12.2. The third-order valence-corrected chi connectivity index (χ3v) is 5.19. The summed E-state index contributed by atoms with van der Waals surface area (Å²) < 4.78 is 1.68. The Morgan fingerprint density at radius 3 is 2.69 bits per heavy atom. The molecule has 1 N–H and O–H groups in total. The number of nitrogens with one attached hydrogen (secondary N) is 1. The summed E-state index contributed by atoms with van der Waals surface area (Å²) in [5, 5.41) is 1.12. The first-order chi connectivity index (χ1) is 12.3. The summed E-state index contributed by atoms with van der Waals surface area (Å²) in [6.45, 7) is 1.94. The molecule has 0 spiro atoms. The minimum Gasteiger partial charge on any atom is -0.335 e. The number of carbonyl (C=O) groups excluding carboxylic acids is 1. The summed E-state index contributed by atoms with van der Waals surface area (Å²) in [6.07, 6.45) is 0. The predicted octanol–water partition coefficient (Wildman–Crippen LogP) is 4.08. The summed E-state index contributed by atoms with van der Waals surface area (Å²) in [4.78, 5) is 29.8. The predicted molar refractivity (Wildman–Crippen MR) is 106 cm³/mol. The number of hydrogen-bond donors (Lipinski definition) is 1. The number of fused-ring (bicyclic) bond motifs is 1. The van der Waals surface area contributed by atoms with Gasteiger partial charge in [0.15, 0.2) is 4.77 Å². The molecule has 7 heteroatoms. The molecule has 0 aliphatic rings. The van der Waals surface area contributed by atoms with Crippen LogP contribution in [0.1, 0.15) is 28.9 Å². The van der Waals surface area contributed by atoms with Crippen molar-refractivity contribution in [3.05, 3.63) is 73.7 Å². The van der Waals surface area contributed by atoms with Crippen LogP contribution in [0.15, 0.2) is 47.3 Å². The topological polar surface area (TPSA) is 58.1 Å². The number of nitrogens with zero attached hydrogens (tertiary/aromatic N) is 2. The lowest BCUT2D eigenvalue weighted by atomic mass is 10.1. The quantitative estimate of drug-likeness (QED) is 0.689. The molecule has 0 saturated carbocycles. The molecule has 0 aliphatic carbocycles. The van der Waals surface area contributed by atoms with E-state index in [0.29, 0.717) is 26.3 Å². The molecule has 2 aromatic carbocycles. The van der Waals surface area contributed by atoms with Crippen molar-refractivity contribution in [2.24, 2.45) is 7.05 Å². The number of carbonyl (C=O) groups is 1. The van der Waals surface area contributed by atoms with Gasteiger partial charge in [0.2, 0.25) is 0 Å². The van der Waals surface area contributed by atoms with Crippen molar-refractivity contribution < 1.29 is 4.79 Å². The normalized spacial score (nSPS) is 12.2. The van der Waals surface area contributed by atoms with Crippen molar-refractivity contribution in [3.8, 4) is 0 Å². The van der Waals surface area contributed by atoms with Gasteiger partial charge in [-0.25, -0.2) is 0 Å². The van der Waals surface area contributed by atoms with E-state index in [1.165, 1.54) is 4.57 Å². The number of hydrogen-bond acceptors (Lipinski definition) is 3. The fourth-order valence-electron chi connectivity index (χ4n) is 2.81. The Morgan fingerprint density at radius 1 is 1.27 bits per heavy atom. The van der Waals surface area contributed by atoms with Gasteiger partial charge in [-0.3, -0.25) is 14.2 Å². The highest BCUT2D eigenvalue weighted by Gasteiger charge is 2.20. The smallest absolute Gasteiger partial charge is 0.261 e. The Balaban J connectivity index is 1.98. The molecule has 134 valence electrons. The maximum atomic E-state index is 12.9. The standard InChI is InChI=1S/C19H18ClN3O2S/c1-11(12-5-4-6-14(20)9-12)22(2)17(24)13-7-8-15-16(10-13)21-19(26)23(3)18(15)25/h4-11H,1-3H3,(H,21,26). The van der Waals surface area contributed by atoms with Crippen LogP contribution in [0.3, 0.4) is 0 Å². The second-order valence-electron chi connectivity index (χ2n) is 6.20. The number of rotatable bonds is 3. The second-order valence-corrected chi connectivity index (χ2v) is 7.02. The number of aromatic amines is 1. The van der Waals surface area contributed by atoms with E-state index in [0.717, 1.165) is 5.56 Å². The number of H-pyrrole nitrogens is 1. The van der Waals surface area contributed by atoms with Crippen LogP contribution in [-0.4, -0.2) is 27.4 Å². The van der Waals surface area contributed by atoms with E-state index >= 15 is 0 Å². The van der Waals surface area contributed by atoms with E-state index in [4.69, 9.17) is 23.8 Å². The van der Waals surface area contributed by atoms with Crippen LogP contribution in [0.25, 0.3) is 10.9 Å². The highest BCUT2D eigenvalue weighted by molar-refractivity contribution is 7.71. The van der Waals surface area contributed by atoms with Crippen LogP contribution in [0.4, 0.5) is 0 Å². The Hall–Kier alpha value is -2.44. The van der Waals surface area contributed by atoms with Gasteiger partial charge >= 0.3 is 0 Å². The van der Waals surface area contributed by atoms with Crippen LogP contribution in [0.2, 0.25) is 5.02 Å². The molecule has 1 heterocycles. The van der Waals surface area contributed by atoms with Gasteiger partial charge in [-0.2, -0.15) is 0 Å². The number of halogens is 1. The van der Waals surface area contributed by atoms with Crippen LogP contribution in [0.5, 0.6) is 0 Å². The first-order valence-corrected chi connectivity index (χ1v) is 8.84. The minimum absolute atomic E-state index is 0.153. The van der Waals surface area contributed by atoms with Crippen LogP contribution >= 0.6 is 23.8 Å². The zero-order valence-corrected chi connectivity index (χ0v) is 16.2. The van der Waals surface area contributed by atoms with Gasteiger partial charge in [-0.05, 0) is 55.0 Å². The van der Waals surface area contributed by atoms with Gasteiger partial charge in [-0.1, -0.05) is 23.7 Å². The molecule has 3 rings (SSSR count). The molecule has 3 aromatic rings. The Morgan fingerprint density at radius 2 is 2.00 bits per heavy atom. The Labute approximate surface area is 160 Å². The maximum Gasteiger partial charge on any atom is 0.261 e. The van der Waals surface area contributed by atoms with Crippen molar-refractivity contribution in [2.45, 2.75) is 13.0 Å². The fraction of sp³-hybridized carbons (Fsp3) is 0.211. The second kappa shape index (κ2) is 7.05.